The molecule has 1 saturated heterocycles. The molecule has 0 aromatic rings. The van der Waals surface area contributed by atoms with Gasteiger partial charge in [0, 0.05) is 17.4 Å². The Hall–Kier alpha value is 0.440. The van der Waals surface area contributed by atoms with Crippen molar-refractivity contribution in [2.45, 2.75) is 45.6 Å². The molecule has 3 atom stereocenters. The van der Waals surface area contributed by atoms with Gasteiger partial charge in [-0.2, -0.15) is 0 Å². The minimum atomic E-state index is 0.479. The lowest BCUT2D eigenvalue weighted by molar-refractivity contribution is 0.00265. The molecule has 1 nitrogen and oxygen atoms in total. The summed E-state index contributed by atoms with van der Waals surface area (Å²) in [5.74, 6) is 1.76. The van der Waals surface area contributed by atoms with E-state index in [0.29, 0.717) is 11.5 Å². The third-order valence-corrected chi connectivity index (χ3v) is 5.40. The van der Waals surface area contributed by atoms with E-state index in [2.05, 4.69) is 29.8 Å². The molecule has 0 radical (unpaired) electrons. The van der Waals surface area contributed by atoms with Crippen molar-refractivity contribution in [2.75, 3.05) is 11.9 Å². The maximum absolute atomic E-state index is 5.85. The first-order valence-electron chi connectivity index (χ1n) is 5.85. The molecule has 1 aliphatic carbocycles. The number of alkyl halides is 1. The molecule has 14 heavy (non-hydrogen) atoms. The highest BCUT2D eigenvalue weighted by Crippen LogP contribution is 2.50. The average Bonchev–Trinajstić information content (AvgIpc) is 2.60. The monoisotopic (exact) mass is 260 g/mol. The summed E-state index contributed by atoms with van der Waals surface area (Å²) in [6, 6.07) is 0. The Morgan fingerprint density at radius 1 is 1.43 bits per heavy atom. The van der Waals surface area contributed by atoms with E-state index in [1.54, 1.807) is 0 Å². The Kier molecular flexibility index (Phi) is 3.23. The summed E-state index contributed by atoms with van der Waals surface area (Å²) in [5.41, 5.74) is 0.479. The number of ether oxygens (including phenoxy) is 1. The minimum absolute atomic E-state index is 0.479. The fraction of sp³-hybridized carbons (Fsp3) is 1.00. The van der Waals surface area contributed by atoms with Crippen LogP contribution in [0.25, 0.3) is 0 Å². The summed E-state index contributed by atoms with van der Waals surface area (Å²) in [7, 11) is 0. The zero-order valence-corrected chi connectivity index (χ0v) is 10.8. The normalized spacial score (nSPS) is 42.9. The van der Waals surface area contributed by atoms with E-state index in [0.717, 1.165) is 23.8 Å². The third kappa shape index (κ3) is 1.76. The first-order chi connectivity index (χ1) is 6.68. The van der Waals surface area contributed by atoms with Gasteiger partial charge in [0.2, 0.25) is 0 Å². The Bertz CT molecular complexity index is 204. The SMILES string of the molecule is CC(C)[C@@H]1CC[C@H]2OCC[C@@]2(CBr)C1. The second-order valence-corrected chi connectivity index (χ2v) is 5.95. The van der Waals surface area contributed by atoms with Crippen LogP contribution in [0.15, 0.2) is 0 Å². The quantitative estimate of drug-likeness (QED) is 0.690. The zero-order chi connectivity index (χ0) is 10.2. The predicted molar refractivity (Wildman–Crippen MR) is 62.8 cm³/mol. The number of hydrogen-bond donors (Lipinski definition) is 0. The fourth-order valence-corrected chi connectivity index (χ4v) is 4.00. The fourth-order valence-electron chi connectivity index (χ4n) is 3.13. The van der Waals surface area contributed by atoms with Crippen LogP contribution in [0.1, 0.15) is 39.5 Å². The topological polar surface area (TPSA) is 9.23 Å². The van der Waals surface area contributed by atoms with Crippen molar-refractivity contribution in [1.82, 2.24) is 0 Å². The van der Waals surface area contributed by atoms with Crippen molar-refractivity contribution < 1.29 is 4.74 Å². The van der Waals surface area contributed by atoms with Crippen LogP contribution >= 0.6 is 15.9 Å². The highest BCUT2D eigenvalue weighted by atomic mass is 79.9. The molecule has 2 heteroatoms. The predicted octanol–water partition coefficient (Wildman–Crippen LogP) is 3.61. The van der Waals surface area contributed by atoms with Gasteiger partial charge >= 0.3 is 0 Å². The molecule has 0 unspecified atom stereocenters. The first kappa shape index (κ1) is 10.9. The smallest absolute Gasteiger partial charge is 0.0640 e. The number of rotatable bonds is 2. The molecule has 0 aromatic carbocycles. The van der Waals surface area contributed by atoms with E-state index in [1.165, 1.54) is 25.7 Å². The Morgan fingerprint density at radius 3 is 2.86 bits per heavy atom. The maximum atomic E-state index is 5.85. The largest absolute Gasteiger partial charge is 0.378 e. The van der Waals surface area contributed by atoms with Gasteiger partial charge in [-0.1, -0.05) is 29.8 Å². The van der Waals surface area contributed by atoms with Crippen LogP contribution in [0.5, 0.6) is 0 Å². The molecule has 0 amide bonds. The maximum Gasteiger partial charge on any atom is 0.0640 e. The molecule has 0 bridgehead atoms. The number of fused-ring (bicyclic) bond motifs is 1. The van der Waals surface area contributed by atoms with Crippen molar-refractivity contribution in [3.63, 3.8) is 0 Å². The van der Waals surface area contributed by atoms with Crippen LogP contribution in [0, 0.1) is 17.3 Å². The summed E-state index contributed by atoms with van der Waals surface area (Å²) < 4.78 is 5.85. The third-order valence-electron chi connectivity index (χ3n) is 4.28. The van der Waals surface area contributed by atoms with Crippen molar-refractivity contribution in [1.29, 1.82) is 0 Å². The standard InChI is InChI=1S/C12H21BrO/c1-9(2)10-3-4-11-12(7-10,8-13)5-6-14-11/h9-11H,3-8H2,1-2H3/t10-,11-,12+/m1/s1. The Labute approximate surface area is 95.7 Å². The van der Waals surface area contributed by atoms with E-state index in [9.17, 15) is 0 Å². The molecule has 82 valence electrons. The van der Waals surface area contributed by atoms with Gasteiger partial charge in [-0.3, -0.25) is 0 Å². The molecular formula is C12H21BrO. The highest BCUT2D eigenvalue weighted by molar-refractivity contribution is 9.09. The lowest BCUT2D eigenvalue weighted by atomic mass is 9.66. The van der Waals surface area contributed by atoms with Crippen LogP contribution in [0.3, 0.4) is 0 Å². The molecule has 2 rings (SSSR count). The molecule has 1 saturated carbocycles. The van der Waals surface area contributed by atoms with Crippen LogP contribution in [-0.4, -0.2) is 18.0 Å². The first-order valence-corrected chi connectivity index (χ1v) is 6.98. The van der Waals surface area contributed by atoms with Gasteiger partial charge in [0.05, 0.1) is 6.10 Å². The van der Waals surface area contributed by atoms with Crippen LogP contribution in [0.4, 0.5) is 0 Å². The summed E-state index contributed by atoms with van der Waals surface area (Å²) in [5, 5.41) is 1.13. The molecule has 1 heterocycles. The molecule has 0 spiro atoms. The molecule has 2 fully saturated rings. The van der Waals surface area contributed by atoms with Crippen LogP contribution in [0.2, 0.25) is 0 Å². The Morgan fingerprint density at radius 2 is 2.21 bits per heavy atom. The average molecular weight is 261 g/mol. The van der Waals surface area contributed by atoms with Gasteiger partial charge < -0.3 is 4.74 Å². The summed E-state index contributed by atoms with van der Waals surface area (Å²) >= 11 is 3.71. The number of halogens is 1. The summed E-state index contributed by atoms with van der Waals surface area (Å²) in [6.45, 7) is 5.71. The Balaban J connectivity index is 2.09. The second-order valence-electron chi connectivity index (χ2n) is 5.39. The van der Waals surface area contributed by atoms with Crippen molar-refractivity contribution >= 4 is 15.9 Å². The van der Waals surface area contributed by atoms with E-state index < -0.39 is 0 Å². The lowest BCUT2D eigenvalue weighted by Gasteiger charge is -2.42. The van der Waals surface area contributed by atoms with Gasteiger partial charge in [-0.15, -0.1) is 0 Å². The van der Waals surface area contributed by atoms with Gasteiger partial charge in [0.25, 0.3) is 0 Å². The van der Waals surface area contributed by atoms with Gasteiger partial charge in [0.1, 0.15) is 0 Å². The van der Waals surface area contributed by atoms with E-state index in [1.807, 2.05) is 0 Å². The molecular weight excluding hydrogens is 240 g/mol. The zero-order valence-electron chi connectivity index (χ0n) is 9.26. The molecule has 0 aromatic heterocycles. The molecule has 2 aliphatic rings. The number of hydrogen-bond acceptors (Lipinski definition) is 1. The van der Waals surface area contributed by atoms with Crippen LogP contribution < -0.4 is 0 Å². The van der Waals surface area contributed by atoms with Crippen molar-refractivity contribution in [3.05, 3.63) is 0 Å². The molecule has 1 aliphatic heterocycles. The molecule has 0 N–H and O–H groups in total. The van der Waals surface area contributed by atoms with E-state index >= 15 is 0 Å². The van der Waals surface area contributed by atoms with Crippen LogP contribution in [-0.2, 0) is 4.74 Å². The van der Waals surface area contributed by atoms with Gasteiger partial charge in [-0.25, -0.2) is 0 Å². The van der Waals surface area contributed by atoms with E-state index in [-0.39, 0.29) is 0 Å². The van der Waals surface area contributed by atoms with E-state index in [4.69, 9.17) is 4.74 Å². The van der Waals surface area contributed by atoms with Gasteiger partial charge in [-0.05, 0) is 37.5 Å². The summed E-state index contributed by atoms with van der Waals surface area (Å²) in [6.07, 6.45) is 5.86. The van der Waals surface area contributed by atoms with Crippen molar-refractivity contribution in [3.8, 4) is 0 Å². The van der Waals surface area contributed by atoms with Gasteiger partial charge in [0.15, 0.2) is 0 Å². The minimum Gasteiger partial charge on any atom is -0.378 e. The highest BCUT2D eigenvalue weighted by Gasteiger charge is 2.47. The second kappa shape index (κ2) is 4.13. The summed E-state index contributed by atoms with van der Waals surface area (Å²) in [4.78, 5) is 0. The lowest BCUT2D eigenvalue weighted by Crippen LogP contribution is -2.40. The van der Waals surface area contributed by atoms with Crippen molar-refractivity contribution in [2.24, 2.45) is 17.3 Å².